The number of benzene rings is 1. The fraction of sp³-hybridized carbons (Fsp3) is 0.381. The molecule has 0 saturated carbocycles. The molecule has 1 aromatic carbocycles. The Morgan fingerprint density at radius 3 is 2.78 bits per heavy atom. The van der Waals surface area contributed by atoms with Crippen molar-refractivity contribution in [1.29, 1.82) is 0 Å². The zero-order valence-electron chi connectivity index (χ0n) is 15.5. The highest BCUT2D eigenvalue weighted by Gasteiger charge is 2.33. The second-order valence-electron chi connectivity index (χ2n) is 7.24. The van der Waals surface area contributed by atoms with Gasteiger partial charge >= 0.3 is 0 Å². The van der Waals surface area contributed by atoms with E-state index in [1.165, 1.54) is 0 Å². The molecular formula is C21H24N4O2. The Labute approximate surface area is 158 Å². The van der Waals surface area contributed by atoms with Gasteiger partial charge < -0.3 is 14.6 Å². The molecular weight excluding hydrogens is 340 g/mol. The molecule has 1 fully saturated rings. The number of nitrogens with zero attached hydrogens (tertiary/aromatic N) is 4. The molecule has 1 saturated heterocycles. The van der Waals surface area contributed by atoms with Crippen LogP contribution in [0.4, 0.5) is 0 Å². The van der Waals surface area contributed by atoms with E-state index in [2.05, 4.69) is 14.5 Å². The summed E-state index contributed by atoms with van der Waals surface area (Å²) in [7, 11) is 0. The number of aromatic nitrogens is 3. The maximum Gasteiger partial charge on any atom is 0.224 e. The third-order valence-corrected chi connectivity index (χ3v) is 5.40. The second-order valence-corrected chi connectivity index (χ2v) is 7.24. The maximum atomic E-state index is 12.7. The van der Waals surface area contributed by atoms with Crippen molar-refractivity contribution in [2.75, 3.05) is 13.1 Å². The van der Waals surface area contributed by atoms with Crippen LogP contribution < -0.4 is 0 Å². The zero-order chi connectivity index (χ0) is 18.8. The number of imidazole rings is 1. The van der Waals surface area contributed by atoms with Gasteiger partial charge in [-0.15, -0.1) is 0 Å². The summed E-state index contributed by atoms with van der Waals surface area (Å²) in [6.07, 6.45) is 4.22. The largest absolute Gasteiger partial charge is 0.391 e. The monoisotopic (exact) mass is 364 g/mol. The quantitative estimate of drug-likeness (QED) is 0.753. The highest BCUT2D eigenvalue weighted by molar-refractivity contribution is 5.78. The normalized spacial score (nSPS) is 19.7. The summed E-state index contributed by atoms with van der Waals surface area (Å²) in [5.41, 5.74) is 3.15. The Kier molecular flexibility index (Phi) is 4.90. The third-order valence-electron chi connectivity index (χ3n) is 5.40. The van der Waals surface area contributed by atoms with E-state index in [9.17, 15) is 9.90 Å². The molecule has 1 aliphatic rings. The summed E-state index contributed by atoms with van der Waals surface area (Å²) in [4.78, 5) is 23.1. The van der Waals surface area contributed by atoms with Crippen LogP contribution in [0.25, 0.3) is 11.0 Å². The summed E-state index contributed by atoms with van der Waals surface area (Å²) in [6, 6.07) is 11.9. The number of β-amino-alcohol motifs (C(OH)–C–C–N with tert-alkyl or cyclic N) is 1. The lowest BCUT2D eigenvalue weighted by Crippen LogP contribution is -2.30. The summed E-state index contributed by atoms with van der Waals surface area (Å²) in [5.74, 6) is 1.08. The van der Waals surface area contributed by atoms with Gasteiger partial charge in [0.05, 0.1) is 17.1 Å². The molecule has 0 spiro atoms. The number of rotatable bonds is 5. The molecule has 0 aliphatic carbocycles. The first kappa shape index (κ1) is 17.7. The van der Waals surface area contributed by atoms with Gasteiger partial charge in [-0.1, -0.05) is 12.1 Å². The van der Waals surface area contributed by atoms with Crippen molar-refractivity contribution in [1.82, 2.24) is 19.4 Å². The molecule has 0 bridgehead atoms. The Hall–Kier alpha value is -2.73. The van der Waals surface area contributed by atoms with Gasteiger partial charge in [0.1, 0.15) is 5.82 Å². The first-order chi connectivity index (χ1) is 13.1. The first-order valence-corrected chi connectivity index (χ1v) is 9.38. The molecule has 4 rings (SSSR count). The SMILES string of the molecule is Cc1nc2ccccc2n1CCC(=O)N1C[C@@H](Cc2ccncc2)[C@H](O)C1. The van der Waals surface area contributed by atoms with Crippen LogP contribution in [0.3, 0.4) is 0 Å². The number of aryl methyl sites for hydroxylation is 2. The van der Waals surface area contributed by atoms with E-state index >= 15 is 0 Å². The van der Waals surface area contributed by atoms with Crippen molar-refractivity contribution in [2.24, 2.45) is 5.92 Å². The molecule has 6 nitrogen and oxygen atoms in total. The Bertz CT molecular complexity index is 938. The van der Waals surface area contributed by atoms with Gasteiger partial charge in [0.15, 0.2) is 0 Å². The Morgan fingerprint density at radius 1 is 1.19 bits per heavy atom. The highest BCUT2D eigenvalue weighted by atomic mass is 16.3. The molecule has 2 aromatic heterocycles. The van der Waals surface area contributed by atoms with Crippen LogP contribution >= 0.6 is 0 Å². The first-order valence-electron chi connectivity index (χ1n) is 9.38. The van der Waals surface area contributed by atoms with E-state index in [-0.39, 0.29) is 11.8 Å². The minimum absolute atomic E-state index is 0.0761. The summed E-state index contributed by atoms with van der Waals surface area (Å²) >= 11 is 0. The van der Waals surface area contributed by atoms with E-state index in [1.54, 1.807) is 17.3 Å². The van der Waals surface area contributed by atoms with E-state index in [0.717, 1.165) is 28.8 Å². The van der Waals surface area contributed by atoms with Crippen LogP contribution in [0.5, 0.6) is 0 Å². The van der Waals surface area contributed by atoms with E-state index in [0.29, 0.717) is 26.1 Å². The molecule has 27 heavy (non-hydrogen) atoms. The number of fused-ring (bicyclic) bond motifs is 1. The lowest BCUT2D eigenvalue weighted by Gasteiger charge is -2.17. The van der Waals surface area contributed by atoms with Crippen LogP contribution in [0.15, 0.2) is 48.8 Å². The van der Waals surface area contributed by atoms with Crippen LogP contribution in [-0.4, -0.2) is 49.6 Å². The van der Waals surface area contributed by atoms with Crippen molar-refractivity contribution in [3.8, 4) is 0 Å². The number of aliphatic hydroxyl groups excluding tert-OH is 1. The third kappa shape index (κ3) is 3.71. The van der Waals surface area contributed by atoms with E-state index < -0.39 is 6.10 Å². The van der Waals surface area contributed by atoms with Gasteiger partial charge in [-0.25, -0.2) is 4.98 Å². The average Bonchev–Trinajstić information content (AvgIpc) is 3.20. The maximum absolute atomic E-state index is 12.7. The summed E-state index contributed by atoms with van der Waals surface area (Å²) in [6.45, 7) is 3.59. The fourth-order valence-electron chi connectivity index (χ4n) is 3.92. The number of para-hydroxylation sites is 2. The number of amides is 1. The molecule has 3 heterocycles. The number of hydrogen-bond donors (Lipinski definition) is 1. The van der Waals surface area contributed by atoms with Crippen molar-refractivity contribution in [3.63, 3.8) is 0 Å². The van der Waals surface area contributed by atoms with Crippen LogP contribution in [0, 0.1) is 12.8 Å². The molecule has 0 radical (unpaired) electrons. The van der Waals surface area contributed by atoms with Crippen molar-refractivity contribution in [3.05, 3.63) is 60.2 Å². The fourth-order valence-corrected chi connectivity index (χ4v) is 3.92. The predicted octanol–water partition coefficient (Wildman–Crippen LogP) is 2.19. The van der Waals surface area contributed by atoms with E-state index in [4.69, 9.17) is 0 Å². The van der Waals surface area contributed by atoms with E-state index in [1.807, 2.05) is 43.3 Å². The number of aliphatic hydroxyl groups is 1. The predicted molar refractivity (Wildman–Crippen MR) is 103 cm³/mol. The van der Waals surface area contributed by atoms with Crippen LogP contribution in [0.2, 0.25) is 0 Å². The van der Waals surface area contributed by atoms with Gasteiger partial charge in [0, 0.05) is 44.4 Å². The number of likely N-dealkylation sites (tertiary alicyclic amines) is 1. The molecule has 1 aliphatic heterocycles. The molecule has 140 valence electrons. The molecule has 3 aromatic rings. The summed E-state index contributed by atoms with van der Waals surface area (Å²) in [5, 5.41) is 10.4. The number of hydrogen-bond acceptors (Lipinski definition) is 4. The number of pyridine rings is 1. The Morgan fingerprint density at radius 2 is 1.96 bits per heavy atom. The average molecular weight is 364 g/mol. The van der Waals surface area contributed by atoms with Crippen molar-refractivity contribution >= 4 is 16.9 Å². The van der Waals surface area contributed by atoms with Crippen LogP contribution in [-0.2, 0) is 17.8 Å². The lowest BCUT2D eigenvalue weighted by atomic mass is 9.97. The summed E-state index contributed by atoms with van der Waals surface area (Å²) < 4.78 is 2.09. The minimum Gasteiger partial charge on any atom is -0.391 e. The topological polar surface area (TPSA) is 71.2 Å². The van der Waals surface area contributed by atoms with Crippen LogP contribution in [0.1, 0.15) is 17.8 Å². The molecule has 0 unspecified atom stereocenters. The molecule has 1 N–H and O–H groups in total. The van der Waals surface area contributed by atoms with Crippen molar-refractivity contribution < 1.29 is 9.90 Å². The Balaban J connectivity index is 1.38. The van der Waals surface area contributed by atoms with Gasteiger partial charge in [0.2, 0.25) is 5.91 Å². The van der Waals surface area contributed by atoms with Gasteiger partial charge in [-0.3, -0.25) is 9.78 Å². The molecule has 6 heteroatoms. The van der Waals surface area contributed by atoms with Gasteiger partial charge in [-0.05, 0) is 43.2 Å². The van der Waals surface area contributed by atoms with Gasteiger partial charge in [0.25, 0.3) is 0 Å². The number of carbonyl (C=O) groups excluding carboxylic acids is 1. The standard InChI is InChI=1S/C21H24N4O2/c1-15-23-18-4-2-3-5-19(18)25(15)11-8-21(27)24-13-17(20(26)14-24)12-16-6-9-22-10-7-16/h2-7,9-10,17,20,26H,8,11-14H2,1H3/t17-,20-/m1/s1. The zero-order valence-corrected chi connectivity index (χ0v) is 15.5. The molecule has 1 amide bonds. The lowest BCUT2D eigenvalue weighted by molar-refractivity contribution is -0.130. The van der Waals surface area contributed by atoms with Gasteiger partial charge in [-0.2, -0.15) is 0 Å². The second kappa shape index (κ2) is 7.48. The highest BCUT2D eigenvalue weighted by Crippen LogP contribution is 2.23. The molecule has 2 atom stereocenters. The van der Waals surface area contributed by atoms with Crippen molar-refractivity contribution in [2.45, 2.75) is 32.4 Å². The smallest absolute Gasteiger partial charge is 0.224 e. The number of carbonyl (C=O) groups is 1. The minimum atomic E-state index is -0.474.